The van der Waals surface area contributed by atoms with Crippen LogP contribution in [0.15, 0.2) is 30.9 Å². The fourth-order valence-corrected chi connectivity index (χ4v) is 2.10. The lowest BCUT2D eigenvalue weighted by Crippen LogP contribution is -1.91. The molecule has 0 spiro atoms. The highest BCUT2D eigenvalue weighted by atomic mass is 19.1. The third kappa shape index (κ3) is 33.0. The summed E-state index contributed by atoms with van der Waals surface area (Å²) in [5.41, 5.74) is 1.93. The molecule has 0 heterocycles. The van der Waals surface area contributed by atoms with E-state index in [2.05, 4.69) is 27.4 Å². The van der Waals surface area contributed by atoms with Crippen molar-refractivity contribution < 1.29 is 4.39 Å². The second-order valence-corrected chi connectivity index (χ2v) is 5.54. The second kappa shape index (κ2) is 35.9. The van der Waals surface area contributed by atoms with E-state index in [-0.39, 0.29) is 5.82 Å². The molecule has 0 saturated heterocycles. The third-order valence-corrected chi connectivity index (χ3v) is 3.15. The van der Waals surface area contributed by atoms with E-state index in [1.165, 1.54) is 31.7 Å². The van der Waals surface area contributed by atoms with Gasteiger partial charge < -0.3 is 0 Å². The summed E-state index contributed by atoms with van der Waals surface area (Å²) in [6, 6.07) is 5.19. The fourth-order valence-electron chi connectivity index (χ4n) is 2.10. The van der Waals surface area contributed by atoms with Crippen molar-refractivity contribution in [2.45, 2.75) is 115 Å². The van der Waals surface area contributed by atoms with Gasteiger partial charge in [-0.3, -0.25) is 0 Å². The minimum absolute atomic E-state index is 0.0897. The standard InChI is InChI=1S/C9H11F.C8H18.C3H6.3C2H6/c1-3-8-6-7(2)4-5-9(8)10;1-4-6-8(3)7-5-2;1-3-2;3*1-2/h4-6H,3H2,1-2H3;8H,4-7H2,1-3H3;3H,1H2,2H3;3*1-2H3. The lowest BCUT2D eigenvalue weighted by Gasteiger charge is -2.05. The average molecular weight is 385 g/mol. The van der Waals surface area contributed by atoms with Crippen molar-refractivity contribution in [3.63, 3.8) is 0 Å². The number of benzene rings is 1. The summed E-state index contributed by atoms with van der Waals surface area (Å²) in [5.74, 6) is 0.873. The van der Waals surface area contributed by atoms with Crippen LogP contribution < -0.4 is 0 Å². The summed E-state index contributed by atoms with van der Waals surface area (Å²) in [6.45, 7) is 28.0. The van der Waals surface area contributed by atoms with E-state index in [9.17, 15) is 4.39 Å². The summed E-state index contributed by atoms with van der Waals surface area (Å²) in [5, 5.41) is 0. The summed E-state index contributed by atoms with van der Waals surface area (Å²) in [6.07, 6.45) is 8.04. The Balaban J connectivity index is -0.0000000851. The molecule has 0 aliphatic heterocycles. The van der Waals surface area contributed by atoms with Crippen LogP contribution in [0.25, 0.3) is 0 Å². The summed E-state index contributed by atoms with van der Waals surface area (Å²) in [7, 11) is 0. The number of hydrogen-bond acceptors (Lipinski definition) is 0. The Morgan fingerprint density at radius 2 is 1.30 bits per heavy atom. The number of allylic oxidation sites excluding steroid dienone is 1. The van der Waals surface area contributed by atoms with Crippen molar-refractivity contribution in [3.8, 4) is 0 Å². The molecule has 1 heteroatoms. The van der Waals surface area contributed by atoms with Crippen molar-refractivity contribution in [3.05, 3.63) is 47.8 Å². The van der Waals surface area contributed by atoms with E-state index in [0.29, 0.717) is 0 Å². The molecule has 0 amide bonds. The van der Waals surface area contributed by atoms with Crippen LogP contribution >= 0.6 is 0 Å². The van der Waals surface area contributed by atoms with Gasteiger partial charge in [-0.05, 0) is 37.8 Å². The summed E-state index contributed by atoms with van der Waals surface area (Å²) < 4.78 is 12.8. The maximum atomic E-state index is 12.8. The molecule has 0 saturated carbocycles. The molecule has 0 bridgehead atoms. The van der Waals surface area contributed by atoms with Crippen LogP contribution in [-0.4, -0.2) is 0 Å². The van der Waals surface area contributed by atoms with Crippen LogP contribution in [0.5, 0.6) is 0 Å². The molecule has 0 nitrogen and oxygen atoms in total. The number of hydrogen-bond donors (Lipinski definition) is 0. The normalized spacial score (nSPS) is 7.93. The predicted octanol–water partition coefficient (Wildman–Crippen LogP) is 10.2. The van der Waals surface area contributed by atoms with Gasteiger partial charge in [0.15, 0.2) is 0 Å². The fraction of sp³-hybridized carbons (Fsp3) is 0.692. The van der Waals surface area contributed by atoms with Gasteiger partial charge in [0.05, 0.1) is 0 Å². The van der Waals surface area contributed by atoms with E-state index in [4.69, 9.17) is 0 Å². The van der Waals surface area contributed by atoms with Crippen molar-refractivity contribution in [2.24, 2.45) is 5.92 Å². The van der Waals surface area contributed by atoms with Crippen molar-refractivity contribution in [2.75, 3.05) is 0 Å². The van der Waals surface area contributed by atoms with Gasteiger partial charge in [-0.1, -0.05) is 119 Å². The molecule has 0 radical (unpaired) electrons. The number of aryl methyl sites for hydroxylation is 2. The Hall–Kier alpha value is -1.11. The molecule has 0 atom stereocenters. The van der Waals surface area contributed by atoms with Gasteiger partial charge in [0, 0.05) is 0 Å². The zero-order chi connectivity index (χ0) is 22.7. The highest BCUT2D eigenvalue weighted by Gasteiger charge is 1.97. The molecule has 0 aliphatic rings. The van der Waals surface area contributed by atoms with Crippen molar-refractivity contribution in [1.29, 1.82) is 0 Å². The van der Waals surface area contributed by atoms with Gasteiger partial charge in [-0.25, -0.2) is 4.39 Å². The molecular formula is C26H53F. The Labute approximate surface area is 173 Å². The van der Waals surface area contributed by atoms with Crippen LogP contribution in [0.3, 0.4) is 0 Å². The van der Waals surface area contributed by atoms with Gasteiger partial charge in [-0.2, -0.15) is 0 Å². The molecule has 0 N–H and O–H groups in total. The minimum atomic E-state index is -0.0897. The highest BCUT2D eigenvalue weighted by molar-refractivity contribution is 5.23. The molecule has 164 valence electrons. The molecule has 1 aromatic carbocycles. The topological polar surface area (TPSA) is 0 Å². The minimum Gasteiger partial charge on any atom is -0.207 e. The average Bonchev–Trinajstić information content (AvgIpc) is 2.70. The number of halogens is 1. The van der Waals surface area contributed by atoms with Crippen LogP contribution in [0.4, 0.5) is 4.39 Å². The Kier molecular flexibility index (Phi) is 48.9. The first-order chi connectivity index (χ1) is 13.0. The van der Waals surface area contributed by atoms with E-state index < -0.39 is 0 Å². The predicted molar refractivity (Wildman–Crippen MR) is 129 cm³/mol. The Morgan fingerprint density at radius 1 is 0.926 bits per heavy atom. The van der Waals surface area contributed by atoms with Crippen LogP contribution in [0.2, 0.25) is 0 Å². The second-order valence-electron chi connectivity index (χ2n) is 5.54. The van der Waals surface area contributed by atoms with Gasteiger partial charge in [0.25, 0.3) is 0 Å². The van der Waals surface area contributed by atoms with E-state index in [1.54, 1.807) is 12.1 Å². The molecule has 1 aromatic rings. The molecule has 0 aromatic heterocycles. The largest absolute Gasteiger partial charge is 0.207 e. The molecule has 27 heavy (non-hydrogen) atoms. The van der Waals surface area contributed by atoms with Crippen LogP contribution in [0.1, 0.15) is 113 Å². The van der Waals surface area contributed by atoms with Gasteiger partial charge in [0.2, 0.25) is 0 Å². The molecular weight excluding hydrogens is 331 g/mol. The van der Waals surface area contributed by atoms with Gasteiger partial charge >= 0.3 is 0 Å². The lowest BCUT2D eigenvalue weighted by atomic mass is 10.0. The van der Waals surface area contributed by atoms with Crippen molar-refractivity contribution in [1.82, 2.24) is 0 Å². The van der Waals surface area contributed by atoms with E-state index in [1.807, 2.05) is 68.4 Å². The Morgan fingerprint density at radius 3 is 1.56 bits per heavy atom. The Bertz CT molecular complexity index is 349. The first kappa shape index (κ1) is 36.8. The maximum absolute atomic E-state index is 12.8. The van der Waals surface area contributed by atoms with E-state index >= 15 is 0 Å². The van der Waals surface area contributed by atoms with Crippen LogP contribution in [-0.2, 0) is 6.42 Å². The zero-order valence-corrected chi connectivity index (χ0v) is 21.0. The molecule has 0 fully saturated rings. The SMILES string of the molecule is C=CC.CC.CC.CC.CCCC(C)CCC.CCc1cc(C)ccc1F. The maximum Gasteiger partial charge on any atom is 0.126 e. The van der Waals surface area contributed by atoms with Gasteiger partial charge in [-0.15, -0.1) is 6.58 Å². The summed E-state index contributed by atoms with van der Waals surface area (Å²) in [4.78, 5) is 0. The van der Waals surface area contributed by atoms with Crippen LogP contribution in [0, 0.1) is 18.7 Å². The lowest BCUT2D eigenvalue weighted by molar-refractivity contribution is 0.480. The van der Waals surface area contributed by atoms with E-state index in [0.717, 1.165) is 23.5 Å². The highest BCUT2D eigenvalue weighted by Crippen LogP contribution is 2.11. The zero-order valence-electron chi connectivity index (χ0n) is 21.0. The smallest absolute Gasteiger partial charge is 0.126 e. The van der Waals surface area contributed by atoms with Gasteiger partial charge in [0.1, 0.15) is 5.82 Å². The number of rotatable bonds is 5. The third-order valence-electron chi connectivity index (χ3n) is 3.15. The quantitative estimate of drug-likeness (QED) is 0.443. The molecule has 0 unspecified atom stereocenters. The first-order valence-electron chi connectivity index (χ1n) is 11.3. The summed E-state index contributed by atoms with van der Waals surface area (Å²) >= 11 is 0. The molecule has 1 rings (SSSR count). The monoisotopic (exact) mass is 384 g/mol. The first-order valence-corrected chi connectivity index (χ1v) is 11.3. The molecule has 0 aliphatic carbocycles. The van der Waals surface area contributed by atoms with Crippen molar-refractivity contribution >= 4 is 0 Å².